The van der Waals surface area contributed by atoms with Crippen LogP contribution >= 0.6 is 0 Å². The van der Waals surface area contributed by atoms with Gasteiger partial charge in [0, 0.05) is 30.4 Å². The van der Waals surface area contributed by atoms with Crippen LogP contribution < -0.4 is 10.2 Å². The van der Waals surface area contributed by atoms with Crippen molar-refractivity contribution >= 4 is 5.69 Å². The number of anilines is 1. The summed E-state index contributed by atoms with van der Waals surface area (Å²) in [5.41, 5.74) is 4.47. The second-order valence-electron chi connectivity index (χ2n) is 8.04. The molecule has 21 heavy (non-hydrogen) atoms. The molecule has 0 unspecified atom stereocenters. The van der Waals surface area contributed by atoms with Gasteiger partial charge in [-0.3, -0.25) is 0 Å². The topological polar surface area (TPSA) is 15.3 Å². The number of nitrogens with zero attached hydrogens (tertiary/aromatic N) is 1. The van der Waals surface area contributed by atoms with Crippen LogP contribution in [0.3, 0.4) is 0 Å². The molecule has 2 nitrogen and oxygen atoms in total. The van der Waals surface area contributed by atoms with Crippen LogP contribution in [0.1, 0.15) is 57.6 Å². The van der Waals surface area contributed by atoms with Gasteiger partial charge in [-0.15, -0.1) is 0 Å². The molecule has 2 fully saturated rings. The van der Waals surface area contributed by atoms with Crippen LogP contribution in [-0.4, -0.2) is 18.1 Å². The van der Waals surface area contributed by atoms with E-state index in [-0.39, 0.29) is 5.54 Å². The van der Waals surface area contributed by atoms with E-state index in [0.717, 1.165) is 18.5 Å². The fraction of sp³-hybridized carbons (Fsp3) is 0.684. The monoisotopic (exact) mass is 286 g/mol. The first kappa shape index (κ1) is 14.9. The average Bonchev–Trinajstić information content (AvgIpc) is 3.24. The van der Waals surface area contributed by atoms with Crippen molar-refractivity contribution in [1.29, 1.82) is 0 Å². The molecule has 0 aromatic heterocycles. The number of aryl methyl sites for hydroxylation is 1. The Morgan fingerprint density at radius 3 is 2.38 bits per heavy atom. The van der Waals surface area contributed by atoms with Gasteiger partial charge in [0.25, 0.3) is 0 Å². The van der Waals surface area contributed by atoms with Gasteiger partial charge >= 0.3 is 0 Å². The largest absolute Gasteiger partial charge is 0.368 e. The highest BCUT2D eigenvalue weighted by Crippen LogP contribution is 2.38. The quantitative estimate of drug-likeness (QED) is 0.840. The fourth-order valence-corrected chi connectivity index (χ4v) is 2.85. The van der Waals surface area contributed by atoms with Crippen LogP contribution in [0.4, 0.5) is 5.69 Å². The minimum atomic E-state index is 0.178. The first-order valence-electron chi connectivity index (χ1n) is 8.53. The van der Waals surface area contributed by atoms with Crippen LogP contribution in [0.5, 0.6) is 0 Å². The number of hydrogen-bond donors (Lipinski definition) is 1. The first-order valence-corrected chi connectivity index (χ1v) is 8.53. The number of rotatable bonds is 6. The maximum Gasteiger partial charge on any atom is 0.0371 e. The highest BCUT2D eigenvalue weighted by Gasteiger charge is 2.33. The lowest BCUT2D eigenvalue weighted by Crippen LogP contribution is -2.35. The molecule has 0 radical (unpaired) electrons. The molecule has 2 heteroatoms. The number of nitrogens with one attached hydrogen (secondary N) is 1. The number of benzene rings is 1. The molecule has 2 aliphatic carbocycles. The van der Waals surface area contributed by atoms with E-state index in [1.807, 2.05) is 0 Å². The summed E-state index contributed by atoms with van der Waals surface area (Å²) < 4.78 is 0. The lowest BCUT2D eigenvalue weighted by atomic mass is 10.0. The zero-order valence-electron chi connectivity index (χ0n) is 14.1. The molecule has 0 saturated heterocycles. The molecule has 0 spiro atoms. The maximum absolute atomic E-state index is 3.59. The summed E-state index contributed by atoms with van der Waals surface area (Å²) in [4.78, 5) is 2.67. The molecule has 116 valence electrons. The van der Waals surface area contributed by atoms with E-state index in [0.29, 0.717) is 0 Å². The van der Waals surface area contributed by atoms with E-state index in [4.69, 9.17) is 0 Å². The normalized spacial score (nSPS) is 18.9. The lowest BCUT2D eigenvalue weighted by molar-refractivity contribution is 0.424. The summed E-state index contributed by atoms with van der Waals surface area (Å²) >= 11 is 0. The van der Waals surface area contributed by atoms with E-state index in [1.54, 1.807) is 0 Å². The van der Waals surface area contributed by atoms with Gasteiger partial charge in [0.05, 0.1) is 0 Å². The summed E-state index contributed by atoms with van der Waals surface area (Å²) in [6.07, 6.45) is 5.66. The van der Waals surface area contributed by atoms with Gasteiger partial charge in [-0.2, -0.15) is 0 Å². The Hall–Kier alpha value is -1.02. The Balaban J connectivity index is 1.69. The highest BCUT2D eigenvalue weighted by molar-refractivity contribution is 5.52. The molecule has 3 rings (SSSR count). The molecule has 0 amide bonds. The predicted molar refractivity (Wildman–Crippen MR) is 90.9 cm³/mol. The van der Waals surface area contributed by atoms with Gasteiger partial charge in [0.2, 0.25) is 0 Å². The van der Waals surface area contributed by atoms with Crippen molar-refractivity contribution in [1.82, 2.24) is 5.32 Å². The SMILES string of the molecule is Cc1cc(N(CC2CC2)C2CC2)ccc1CNC(C)(C)C. The maximum atomic E-state index is 3.59. The van der Waals surface area contributed by atoms with E-state index in [9.17, 15) is 0 Å². The van der Waals surface area contributed by atoms with Crippen molar-refractivity contribution in [3.8, 4) is 0 Å². The number of hydrogen-bond acceptors (Lipinski definition) is 2. The Bertz CT molecular complexity index is 493. The van der Waals surface area contributed by atoms with Crippen LogP contribution in [0.25, 0.3) is 0 Å². The van der Waals surface area contributed by atoms with Gasteiger partial charge in [-0.05, 0) is 82.6 Å². The van der Waals surface area contributed by atoms with Crippen LogP contribution in [0.2, 0.25) is 0 Å². The Morgan fingerprint density at radius 2 is 1.86 bits per heavy atom. The molecule has 1 aromatic carbocycles. The van der Waals surface area contributed by atoms with Gasteiger partial charge in [-0.1, -0.05) is 6.07 Å². The molecule has 1 aromatic rings. The third-order valence-corrected chi connectivity index (χ3v) is 4.61. The first-order chi connectivity index (χ1) is 9.92. The van der Waals surface area contributed by atoms with E-state index < -0.39 is 0 Å². The average molecular weight is 286 g/mol. The predicted octanol–water partition coefficient (Wildman–Crippen LogP) is 4.26. The Labute approximate surface area is 129 Å². The molecule has 0 aliphatic heterocycles. The van der Waals surface area contributed by atoms with Crippen LogP contribution in [0.15, 0.2) is 18.2 Å². The summed E-state index contributed by atoms with van der Waals surface area (Å²) in [5, 5.41) is 3.59. The van der Waals surface area contributed by atoms with E-state index >= 15 is 0 Å². The van der Waals surface area contributed by atoms with Crippen LogP contribution in [-0.2, 0) is 6.54 Å². The molecular formula is C19H30N2. The van der Waals surface area contributed by atoms with Crippen molar-refractivity contribution in [3.05, 3.63) is 29.3 Å². The van der Waals surface area contributed by atoms with Crippen molar-refractivity contribution in [2.24, 2.45) is 5.92 Å². The second kappa shape index (κ2) is 5.64. The zero-order chi connectivity index (χ0) is 15.0. The molecule has 2 aliphatic rings. The van der Waals surface area contributed by atoms with Crippen LogP contribution in [0, 0.1) is 12.8 Å². The summed E-state index contributed by atoms with van der Waals surface area (Å²) in [6, 6.07) is 7.89. The Morgan fingerprint density at radius 1 is 1.14 bits per heavy atom. The standard InChI is InChI=1S/C19H30N2/c1-14-11-18(8-7-16(14)12-20-19(2,3)4)21(17-9-10-17)13-15-5-6-15/h7-8,11,15,17,20H,5-6,9-10,12-13H2,1-4H3. The molecular weight excluding hydrogens is 256 g/mol. The Kier molecular flexibility index (Phi) is 4.00. The summed E-state index contributed by atoms with van der Waals surface area (Å²) in [5.74, 6) is 0.966. The highest BCUT2D eigenvalue weighted by atomic mass is 15.2. The third kappa shape index (κ3) is 4.23. The van der Waals surface area contributed by atoms with Crippen molar-refractivity contribution in [3.63, 3.8) is 0 Å². The minimum Gasteiger partial charge on any atom is -0.368 e. The van der Waals surface area contributed by atoms with Gasteiger partial charge in [0.15, 0.2) is 0 Å². The second-order valence-corrected chi connectivity index (χ2v) is 8.04. The summed E-state index contributed by atoms with van der Waals surface area (Å²) in [7, 11) is 0. The van der Waals surface area contributed by atoms with E-state index in [1.165, 1.54) is 49.0 Å². The molecule has 0 heterocycles. The molecule has 0 atom stereocenters. The van der Waals surface area contributed by atoms with Gasteiger partial charge in [-0.25, -0.2) is 0 Å². The van der Waals surface area contributed by atoms with Gasteiger partial charge in [0.1, 0.15) is 0 Å². The molecule has 0 bridgehead atoms. The van der Waals surface area contributed by atoms with Gasteiger partial charge < -0.3 is 10.2 Å². The van der Waals surface area contributed by atoms with Crippen molar-refractivity contribution < 1.29 is 0 Å². The van der Waals surface area contributed by atoms with Crippen molar-refractivity contribution in [2.75, 3.05) is 11.4 Å². The van der Waals surface area contributed by atoms with Crippen molar-refractivity contribution in [2.45, 2.75) is 71.5 Å². The third-order valence-electron chi connectivity index (χ3n) is 4.61. The van der Waals surface area contributed by atoms with E-state index in [2.05, 4.69) is 56.1 Å². The minimum absolute atomic E-state index is 0.178. The molecule has 1 N–H and O–H groups in total. The smallest absolute Gasteiger partial charge is 0.0371 e. The summed E-state index contributed by atoms with van der Waals surface area (Å²) in [6.45, 7) is 11.2. The molecule has 2 saturated carbocycles. The zero-order valence-corrected chi connectivity index (χ0v) is 14.1. The fourth-order valence-electron chi connectivity index (χ4n) is 2.85. The lowest BCUT2D eigenvalue weighted by Gasteiger charge is -2.26.